The molecule has 3 aromatic rings. The van der Waals surface area contributed by atoms with Crippen molar-refractivity contribution in [3.8, 4) is 11.4 Å². The smallest absolute Gasteiger partial charge is 0.422 e. The van der Waals surface area contributed by atoms with Crippen LogP contribution < -0.4 is 10.3 Å². The van der Waals surface area contributed by atoms with Crippen LogP contribution in [-0.2, 0) is 0 Å². The van der Waals surface area contributed by atoms with Crippen LogP contribution in [0.1, 0.15) is 6.92 Å². The topological polar surface area (TPSA) is 59.9 Å². The molecular formula is C16H13BrF3N3O2S. The Morgan fingerprint density at radius 3 is 2.62 bits per heavy atom. The lowest BCUT2D eigenvalue weighted by molar-refractivity contribution is -0.153. The highest BCUT2D eigenvalue weighted by atomic mass is 79.9. The Labute approximate surface area is 158 Å². The molecule has 1 N–H and O–H groups in total. The van der Waals surface area contributed by atoms with Gasteiger partial charge in [0.15, 0.2) is 11.8 Å². The van der Waals surface area contributed by atoms with Gasteiger partial charge in [0.1, 0.15) is 11.4 Å². The molecule has 5 nitrogen and oxygen atoms in total. The van der Waals surface area contributed by atoms with Crippen molar-refractivity contribution in [2.24, 2.45) is 0 Å². The van der Waals surface area contributed by atoms with E-state index in [-0.39, 0.29) is 11.3 Å². The molecule has 0 aliphatic heterocycles. The Balaban J connectivity index is 2.02. The van der Waals surface area contributed by atoms with E-state index in [1.165, 1.54) is 40.6 Å². The molecule has 0 amide bonds. The number of hydrogen-bond donors (Lipinski definition) is 1. The van der Waals surface area contributed by atoms with E-state index >= 15 is 0 Å². The van der Waals surface area contributed by atoms with Crippen LogP contribution >= 0.6 is 27.7 Å². The zero-order valence-corrected chi connectivity index (χ0v) is 15.8. The third-order valence-corrected chi connectivity index (χ3v) is 4.61. The number of aromatic nitrogens is 3. The number of nitrogens with zero attached hydrogens (tertiary/aromatic N) is 2. The number of thioether (sulfide) groups is 1. The maximum atomic E-state index is 12.9. The van der Waals surface area contributed by atoms with Gasteiger partial charge in [0.2, 0.25) is 0 Å². The molecule has 2 aromatic heterocycles. The van der Waals surface area contributed by atoms with Gasteiger partial charge in [0.05, 0.1) is 15.7 Å². The van der Waals surface area contributed by atoms with Crippen LogP contribution in [0.25, 0.3) is 16.7 Å². The summed E-state index contributed by atoms with van der Waals surface area (Å²) in [5, 5.41) is 0.901. The van der Waals surface area contributed by atoms with Crippen LogP contribution in [0.15, 0.2) is 44.9 Å². The SMILES string of the molecule is CCSc1nc2[nH]c(Br)cc2c(=O)n1-c1ccc(OCC(F)(F)F)cc1. The molecule has 0 aliphatic carbocycles. The van der Waals surface area contributed by atoms with Gasteiger partial charge in [-0.1, -0.05) is 18.7 Å². The van der Waals surface area contributed by atoms with Crippen molar-refractivity contribution in [1.29, 1.82) is 0 Å². The monoisotopic (exact) mass is 447 g/mol. The van der Waals surface area contributed by atoms with Crippen LogP contribution in [0.2, 0.25) is 0 Å². The van der Waals surface area contributed by atoms with Gasteiger partial charge >= 0.3 is 6.18 Å². The van der Waals surface area contributed by atoms with E-state index in [0.29, 0.717) is 32.2 Å². The summed E-state index contributed by atoms with van der Waals surface area (Å²) >= 11 is 4.68. The fourth-order valence-electron chi connectivity index (χ4n) is 2.33. The van der Waals surface area contributed by atoms with E-state index in [1.54, 1.807) is 6.07 Å². The second kappa shape index (κ2) is 7.36. The molecule has 0 atom stereocenters. The molecule has 0 bridgehead atoms. The van der Waals surface area contributed by atoms with Crippen molar-refractivity contribution < 1.29 is 17.9 Å². The standard InChI is InChI=1S/C16H13BrF3N3O2S/c1-2-26-15-22-13-11(7-12(17)21-13)14(24)23(15)9-3-5-10(6-4-9)25-8-16(18,19)20/h3-7,21H,2,8H2,1H3. The second-order valence-electron chi connectivity index (χ2n) is 5.25. The Kier molecular flexibility index (Phi) is 5.33. The van der Waals surface area contributed by atoms with Gasteiger partial charge in [-0.3, -0.25) is 9.36 Å². The first kappa shape index (κ1) is 18.8. The molecule has 0 saturated heterocycles. The van der Waals surface area contributed by atoms with Crippen molar-refractivity contribution in [2.45, 2.75) is 18.3 Å². The maximum absolute atomic E-state index is 12.9. The minimum atomic E-state index is -4.41. The average Bonchev–Trinajstić information content (AvgIpc) is 2.94. The molecule has 26 heavy (non-hydrogen) atoms. The number of hydrogen-bond acceptors (Lipinski definition) is 4. The normalized spacial score (nSPS) is 11.9. The molecular weight excluding hydrogens is 435 g/mol. The van der Waals surface area contributed by atoms with Crippen molar-refractivity contribution in [2.75, 3.05) is 12.4 Å². The average molecular weight is 448 g/mol. The van der Waals surface area contributed by atoms with E-state index < -0.39 is 12.8 Å². The summed E-state index contributed by atoms with van der Waals surface area (Å²) in [6.45, 7) is 0.568. The Bertz CT molecular complexity index is 983. The minimum absolute atomic E-state index is 0.0715. The van der Waals surface area contributed by atoms with Crippen molar-refractivity contribution in [1.82, 2.24) is 14.5 Å². The number of rotatable bonds is 5. The quantitative estimate of drug-likeness (QED) is 0.461. The van der Waals surface area contributed by atoms with Crippen LogP contribution in [0.3, 0.4) is 0 Å². The lowest BCUT2D eigenvalue weighted by atomic mass is 10.3. The summed E-state index contributed by atoms with van der Waals surface area (Å²) in [6.07, 6.45) is -4.41. The maximum Gasteiger partial charge on any atom is 0.422 e. The lowest BCUT2D eigenvalue weighted by Gasteiger charge is -2.13. The summed E-state index contributed by atoms with van der Waals surface area (Å²) in [4.78, 5) is 20.3. The number of alkyl halides is 3. The summed E-state index contributed by atoms with van der Waals surface area (Å²) in [5.74, 6) is 0.773. The van der Waals surface area contributed by atoms with E-state index in [4.69, 9.17) is 4.74 Å². The number of aromatic amines is 1. The predicted octanol–water partition coefficient (Wildman–Crippen LogP) is 4.53. The molecule has 138 valence electrons. The summed E-state index contributed by atoms with van der Waals surface area (Å²) in [5.41, 5.74) is 0.702. The van der Waals surface area contributed by atoms with E-state index in [2.05, 4.69) is 25.9 Å². The molecule has 3 rings (SSSR count). The predicted molar refractivity (Wildman–Crippen MR) is 97.3 cm³/mol. The van der Waals surface area contributed by atoms with Gasteiger partial charge in [-0.25, -0.2) is 4.98 Å². The van der Waals surface area contributed by atoms with Gasteiger partial charge < -0.3 is 9.72 Å². The second-order valence-corrected chi connectivity index (χ2v) is 7.33. The molecule has 0 radical (unpaired) electrons. The Morgan fingerprint density at radius 2 is 2.00 bits per heavy atom. The first-order chi connectivity index (χ1) is 12.3. The third-order valence-electron chi connectivity index (χ3n) is 3.37. The van der Waals surface area contributed by atoms with Gasteiger partial charge in [0.25, 0.3) is 5.56 Å². The van der Waals surface area contributed by atoms with Gasteiger partial charge in [-0.15, -0.1) is 0 Å². The van der Waals surface area contributed by atoms with Gasteiger partial charge in [0, 0.05) is 0 Å². The van der Waals surface area contributed by atoms with E-state index in [1.807, 2.05) is 6.92 Å². The fraction of sp³-hybridized carbons (Fsp3) is 0.250. The van der Waals surface area contributed by atoms with Crippen molar-refractivity contribution in [3.05, 3.63) is 45.3 Å². The molecule has 0 aliphatic rings. The highest BCUT2D eigenvalue weighted by Gasteiger charge is 2.28. The highest BCUT2D eigenvalue weighted by Crippen LogP contribution is 2.24. The highest BCUT2D eigenvalue weighted by molar-refractivity contribution is 9.10. The van der Waals surface area contributed by atoms with Gasteiger partial charge in [-0.2, -0.15) is 13.2 Å². The largest absolute Gasteiger partial charge is 0.484 e. The number of benzene rings is 1. The van der Waals surface area contributed by atoms with Crippen LogP contribution in [-0.4, -0.2) is 33.1 Å². The lowest BCUT2D eigenvalue weighted by Crippen LogP contribution is -2.21. The molecule has 1 aromatic carbocycles. The first-order valence-corrected chi connectivity index (χ1v) is 9.30. The van der Waals surface area contributed by atoms with Crippen LogP contribution in [0.4, 0.5) is 13.2 Å². The number of fused-ring (bicyclic) bond motifs is 1. The fourth-order valence-corrected chi connectivity index (χ4v) is 3.47. The summed E-state index contributed by atoms with van der Waals surface area (Å²) < 4.78 is 43.5. The van der Waals surface area contributed by atoms with Gasteiger partial charge in [-0.05, 0) is 52.0 Å². The van der Waals surface area contributed by atoms with Crippen LogP contribution in [0, 0.1) is 0 Å². The van der Waals surface area contributed by atoms with E-state index in [0.717, 1.165) is 0 Å². The number of halogens is 4. The molecule has 10 heteroatoms. The number of ether oxygens (including phenoxy) is 1. The Hall–Kier alpha value is -1.94. The number of nitrogens with one attached hydrogen (secondary N) is 1. The summed E-state index contributed by atoms with van der Waals surface area (Å²) in [7, 11) is 0. The third kappa shape index (κ3) is 4.07. The number of H-pyrrole nitrogens is 1. The zero-order chi connectivity index (χ0) is 18.9. The zero-order valence-electron chi connectivity index (χ0n) is 13.4. The van der Waals surface area contributed by atoms with E-state index in [9.17, 15) is 18.0 Å². The van der Waals surface area contributed by atoms with Crippen molar-refractivity contribution in [3.63, 3.8) is 0 Å². The first-order valence-electron chi connectivity index (χ1n) is 7.52. The molecule has 2 heterocycles. The molecule has 0 saturated carbocycles. The molecule has 0 unspecified atom stereocenters. The van der Waals surface area contributed by atoms with Crippen molar-refractivity contribution >= 4 is 38.7 Å². The molecule has 0 fully saturated rings. The van der Waals surface area contributed by atoms with Crippen LogP contribution in [0.5, 0.6) is 5.75 Å². The summed E-state index contributed by atoms with van der Waals surface area (Å²) in [6, 6.07) is 7.49. The molecule has 0 spiro atoms. The Morgan fingerprint density at radius 1 is 1.31 bits per heavy atom. The minimum Gasteiger partial charge on any atom is -0.484 e.